The maximum atomic E-state index is 12.8. The van der Waals surface area contributed by atoms with Gasteiger partial charge in [-0.25, -0.2) is 0 Å². The molecule has 0 aromatic heterocycles. The lowest BCUT2D eigenvalue weighted by Gasteiger charge is -2.18. The Labute approximate surface area is 374 Å². The van der Waals surface area contributed by atoms with Gasteiger partial charge in [-0.2, -0.15) is 0 Å². The van der Waals surface area contributed by atoms with Gasteiger partial charge in [-0.15, -0.1) is 0 Å². The number of rotatable bonds is 42. The standard InChI is InChI=1S/C55H88O6/c1-4-7-10-13-16-19-22-24-25-26-27-28-29-31-33-36-39-42-45-48-54(57)60-51-52(50-59-53(56)47-44-41-38-35-32-21-18-15-12-9-6-3)61-55(58)49-46-43-40-37-34-30-23-20-17-14-11-8-5-2/h7,10,13,15-16,18-19,21-22,24-29,31-33,52H,4-6,8-9,11-12,14,17,20,23,30,34-51H2,1-3H3/b10-7-,16-13-,18-15-,22-19-,25-24-,27-26+,29-28-,32-21-,33-31-. The van der Waals surface area contributed by atoms with Crippen LogP contribution in [-0.2, 0) is 28.6 Å². The second kappa shape index (κ2) is 48.7. The van der Waals surface area contributed by atoms with Crippen molar-refractivity contribution in [3.8, 4) is 0 Å². The fourth-order valence-corrected chi connectivity index (χ4v) is 6.28. The first-order valence-electron chi connectivity index (χ1n) is 24.5. The van der Waals surface area contributed by atoms with Crippen molar-refractivity contribution >= 4 is 17.9 Å². The van der Waals surface area contributed by atoms with Crippen LogP contribution in [0, 0.1) is 0 Å². The molecule has 0 aliphatic rings. The quantitative estimate of drug-likeness (QED) is 0.0264. The highest BCUT2D eigenvalue weighted by molar-refractivity contribution is 5.71. The average Bonchev–Trinajstić information content (AvgIpc) is 3.26. The van der Waals surface area contributed by atoms with Crippen LogP contribution in [0.1, 0.15) is 201 Å². The maximum absolute atomic E-state index is 12.8. The lowest BCUT2D eigenvalue weighted by atomic mass is 10.0. The molecule has 6 heteroatoms. The maximum Gasteiger partial charge on any atom is 0.306 e. The summed E-state index contributed by atoms with van der Waals surface area (Å²) >= 11 is 0. The number of carbonyl (C=O) groups is 3. The summed E-state index contributed by atoms with van der Waals surface area (Å²) in [5.41, 5.74) is 0. The van der Waals surface area contributed by atoms with E-state index < -0.39 is 6.10 Å². The molecule has 0 bridgehead atoms. The van der Waals surface area contributed by atoms with E-state index in [9.17, 15) is 14.4 Å². The van der Waals surface area contributed by atoms with Crippen molar-refractivity contribution in [1.29, 1.82) is 0 Å². The summed E-state index contributed by atoms with van der Waals surface area (Å²) in [4.78, 5) is 37.8. The Hall–Kier alpha value is -3.93. The highest BCUT2D eigenvalue weighted by atomic mass is 16.6. The molecule has 0 heterocycles. The van der Waals surface area contributed by atoms with Crippen molar-refractivity contribution in [1.82, 2.24) is 0 Å². The van der Waals surface area contributed by atoms with Crippen molar-refractivity contribution in [2.75, 3.05) is 13.2 Å². The van der Waals surface area contributed by atoms with E-state index in [1.807, 2.05) is 72.9 Å². The molecule has 0 aliphatic carbocycles. The van der Waals surface area contributed by atoms with Crippen LogP contribution in [0.5, 0.6) is 0 Å². The van der Waals surface area contributed by atoms with E-state index in [2.05, 4.69) is 57.2 Å². The summed E-state index contributed by atoms with van der Waals surface area (Å²) in [5, 5.41) is 0. The van der Waals surface area contributed by atoms with Crippen molar-refractivity contribution in [2.45, 2.75) is 207 Å². The molecular weight excluding hydrogens is 757 g/mol. The van der Waals surface area contributed by atoms with Gasteiger partial charge in [-0.1, -0.05) is 233 Å². The Kier molecular flexibility index (Phi) is 45.6. The van der Waals surface area contributed by atoms with Gasteiger partial charge in [0.2, 0.25) is 0 Å². The van der Waals surface area contributed by atoms with Gasteiger partial charge in [-0.3, -0.25) is 14.4 Å². The molecule has 344 valence electrons. The number of unbranched alkanes of at least 4 members (excludes halogenated alkanes) is 20. The third kappa shape index (κ3) is 47.0. The van der Waals surface area contributed by atoms with Gasteiger partial charge < -0.3 is 14.2 Å². The Morgan fingerprint density at radius 3 is 1.07 bits per heavy atom. The van der Waals surface area contributed by atoms with Crippen LogP contribution < -0.4 is 0 Å². The van der Waals surface area contributed by atoms with E-state index in [-0.39, 0.29) is 31.1 Å². The predicted molar refractivity (Wildman–Crippen MR) is 260 cm³/mol. The first-order valence-corrected chi connectivity index (χ1v) is 24.5. The Balaban J connectivity index is 4.52. The molecule has 0 saturated heterocycles. The normalized spacial score (nSPS) is 13.0. The van der Waals surface area contributed by atoms with Gasteiger partial charge in [0.05, 0.1) is 0 Å². The number of carbonyl (C=O) groups excluding carboxylic acids is 3. The van der Waals surface area contributed by atoms with Gasteiger partial charge in [0, 0.05) is 19.3 Å². The van der Waals surface area contributed by atoms with E-state index >= 15 is 0 Å². The van der Waals surface area contributed by atoms with Crippen LogP contribution in [-0.4, -0.2) is 37.2 Å². The minimum Gasteiger partial charge on any atom is -0.462 e. The molecule has 0 aliphatic heterocycles. The van der Waals surface area contributed by atoms with Gasteiger partial charge in [-0.05, 0) is 57.8 Å². The van der Waals surface area contributed by atoms with E-state index in [0.717, 1.165) is 83.5 Å². The first kappa shape index (κ1) is 57.1. The zero-order valence-electron chi connectivity index (χ0n) is 39.1. The minimum atomic E-state index is -0.806. The molecule has 1 atom stereocenters. The summed E-state index contributed by atoms with van der Waals surface area (Å²) in [5.74, 6) is -0.985. The molecule has 0 amide bonds. The number of ether oxygens (including phenoxy) is 3. The van der Waals surface area contributed by atoms with Crippen LogP contribution in [0.4, 0.5) is 0 Å². The zero-order chi connectivity index (χ0) is 44.4. The Bertz CT molecular complexity index is 1290. The molecule has 61 heavy (non-hydrogen) atoms. The largest absolute Gasteiger partial charge is 0.462 e. The number of hydrogen-bond donors (Lipinski definition) is 0. The lowest BCUT2D eigenvalue weighted by molar-refractivity contribution is -0.167. The Morgan fingerprint density at radius 1 is 0.344 bits per heavy atom. The molecule has 0 fully saturated rings. The zero-order valence-corrected chi connectivity index (χ0v) is 39.1. The second-order valence-electron chi connectivity index (χ2n) is 15.9. The van der Waals surface area contributed by atoms with Crippen molar-refractivity contribution < 1.29 is 28.6 Å². The molecule has 0 N–H and O–H groups in total. The molecule has 6 nitrogen and oxygen atoms in total. The SMILES string of the molecule is CC\C=C/C=C\C=C/C=C\C=C\C=C/C=C\CCCCCC(=O)OCC(COC(=O)CCCCC/C=C\C=C/CCCC)OC(=O)CCCCCCCCCCCCCCC. The lowest BCUT2D eigenvalue weighted by Crippen LogP contribution is -2.30. The summed E-state index contributed by atoms with van der Waals surface area (Å²) in [6.07, 6.45) is 64.9. The average molecular weight is 845 g/mol. The summed E-state index contributed by atoms with van der Waals surface area (Å²) in [6, 6.07) is 0. The molecule has 0 aromatic rings. The van der Waals surface area contributed by atoms with Crippen LogP contribution in [0.2, 0.25) is 0 Å². The van der Waals surface area contributed by atoms with E-state index in [0.29, 0.717) is 19.3 Å². The van der Waals surface area contributed by atoms with E-state index in [1.54, 1.807) is 0 Å². The molecule has 0 spiro atoms. The third-order valence-corrected chi connectivity index (χ3v) is 9.98. The topological polar surface area (TPSA) is 78.9 Å². The van der Waals surface area contributed by atoms with Crippen LogP contribution >= 0.6 is 0 Å². The predicted octanol–water partition coefficient (Wildman–Crippen LogP) is 16.0. The van der Waals surface area contributed by atoms with Crippen molar-refractivity contribution in [3.05, 3.63) is 109 Å². The summed E-state index contributed by atoms with van der Waals surface area (Å²) in [6.45, 7) is 6.35. The second-order valence-corrected chi connectivity index (χ2v) is 15.9. The van der Waals surface area contributed by atoms with Crippen LogP contribution in [0.3, 0.4) is 0 Å². The van der Waals surface area contributed by atoms with Gasteiger partial charge >= 0.3 is 17.9 Å². The fraction of sp³-hybridized carbons (Fsp3) is 0.618. The monoisotopic (exact) mass is 845 g/mol. The molecule has 0 saturated carbocycles. The van der Waals surface area contributed by atoms with Gasteiger partial charge in [0.15, 0.2) is 6.10 Å². The van der Waals surface area contributed by atoms with Crippen LogP contribution in [0.25, 0.3) is 0 Å². The molecule has 0 radical (unpaired) electrons. The first-order chi connectivity index (χ1) is 30.0. The van der Waals surface area contributed by atoms with Gasteiger partial charge in [0.25, 0.3) is 0 Å². The summed E-state index contributed by atoms with van der Waals surface area (Å²) < 4.78 is 16.7. The molecule has 1 unspecified atom stereocenters. The third-order valence-electron chi connectivity index (χ3n) is 9.98. The van der Waals surface area contributed by atoms with E-state index in [4.69, 9.17) is 14.2 Å². The number of hydrogen-bond acceptors (Lipinski definition) is 6. The van der Waals surface area contributed by atoms with Crippen molar-refractivity contribution in [2.24, 2.45) is 0 Å². The van der Waals surface area contributed by atoms with E-state index in [1.165, 1.54) is 77.0 Å². The summed E-state index contributed by atoms with van der Waals surface area (Å²) in [7, 11) is 0. The number of esters is 3. The number of allylic oxidation sites excluding steroid dienone is 18. The molecule has 0 aromatic carbocycles. The minimum absolute atomic E-state index is 0.108. The highest BCUT2D eigenvalue weighted by Crippen LogP contribution is 2.14. The fourth-order valence-electron chi connectivity index (χ4n) is 6.28. The van der Waals surface area contributed by atoms with Gasteiger partial charge in [0.1, 0.15) is 13.2 Å². The Morgan fingerprint density at radius 2 is 0.656 bits per heavy atom. The molecular formula is C55H88O6. The van der Waals surface area contributed by atoms with Crippen molar-refractivity contribution in [3.63, 3.8) is 0 Å². The smallest absolute Gasteiger partial charge is 0.306 e. The van der Waals surface area contributed by atoms with Crippen LogP contribution in [0.15, 0.2) is 109 Å². The molecule has 0 rings (SSSR count). The highest BCUT2D eigenvalue weighted by Gasteiger charge is 2.19.